The van der Waals surface area contributed by atoms with E-state index < -0.39 is 0 Å². The highest BCUT2D eigenvalue weighted by Crippen LogP contribution is 2.31. The van der Waals surface area contributed by atoms with Crippen molar-refractivity contribution < 1.29 is 4.79 Å². The Hall–Kier alpha value is -3.73. The third kappa shape index (κ3) is 4.47. The van der Waals surface area contributed by atoms with E-state index in [4.69, 9.17) is 0 Å². The summed E-state index contributed by atoms with van der Waals surface area (Å²) in [5, 5.41) is 4.35. The summed E-state index contributed by atoms with van der Waals surface area (Å²) >= 11 is 0. The van der Waals surface area contributed by atoms with Crippen LogP contribution < -0.4 is 15.1 Å². The minimum atomic E-state index is -0.0662. The monoisotopic (exact) mass is 426 g/mol. The van der Waals surface area contributed by atoms with Gasteiger partial charge in [-0.25, -0.2) is 0 Å². The molecule has 5 heteroatoms. The van der Waals surface area contributed by atoms with Crippen LogP contribution >= 0.6 is 0 Å². The van der Waals surface area contributed by atoms with E-state index in [1.807, 2.05) is 63.4 Å². The Labute approximate surface area is 189 Å². The summed E-state index contributed by atoms with van der Waals surface area (Å²) in [5.74, 6) is -0.0354. The number of nitrogens with one attached hydrogen (secondary N) is 2. The zero-order valence-electron chi connectivity index (χ0n) is 19.1. The smallest absolute Gasteiger partial charge is 0.251 e. The molecule has 1 unspecified atom stereocenters. The van der Waals surface area contributed by atoms with Crippen LogP contribution in [-0.2, 0) is 0 Å². The Balaban J connectivity index is 1.64. The number of hydrogen-bond acceptors (Lipinski definition) is 3. The van der Waals surface area contributed by atoms with E-state index in [1.165, 1.54) is 16.5 Å². The number of carbonyl (C=O) groups is 1. The molecular formula is C27H30N4O. The van der Waals surface area contributed by atoms with Crippen molar-refractivity contribution in [1.29, 1.82) is 0 Å². The normalized spacial score (nSPS) is 11.9. The third-order valence-corrected chi connectivity index (χ3v) is 5.90. The maximum atomic E-state index is 13.0. The first-order valence-electron chi connectivity index (χ1n) is 10.8. The van der Waals surface area contributed by atoms with Gasteiger partial charge in [0.15, 0.2) is 0 Å². The highest BCUT2D eigenvalue weighted by molar-refractivity contribution is 5.95. The van der Waals surface area contributed by atoms with Gasteiger partial charge in [-0.2, -0.15) is 0 Å². The number of para-hydroxylation sites is 1. The first kappa shape index (κ1) is 21.5. The molecule has 1 atom stereocenters. The van der Waals surface area contributed by atoms with Gasteiger partial charge in [-0.1, -0.05) is 36.4 Å². The second-order valence-corrected chi connectivity index (χ2v) is 8.48. The van der Waals surface area contributed by atoms with Crippen LogP contribution in [0.5, 0.6) is 0 Å². The standard InChI is InChI=1S/C27H30N4O/c1-30(2)21-14-12-19(13-15-21)24(25-18-28-26-11-6-5-10-23(25)26)17-29-27(32)20-8-7-9-22(16-20)31(3)4/h5-16,18,24,28H,17H2,1-4H3,(H,29,32). The molecule has 4 aromatic rings. The molecule has 0 saturated heterocycles. The van der Waals surface area contributed by atoms with Crippen molar-refractivity contribution in [3.05, 3.63) is 95.7 Å². The predicted molar refractivity (Wildman–Crippen MR) is 134 cm³/mol. The molecule has 0 aliphatic rings. The van der Waals surface area contributed by atoms with Crippen LogP contribution in [0.2, 0.25) is 0 Å². The molecule has 1 amide bonds. The molecular weight excluding hydrogens is 396 g/mol. The highest BCUT2D eigenvalue weighted by atomic mass is 16.1. The lowest BCUT2D eigenvalue weighted by Crippen LogP contribution is -2.29. The Morgan fingerprint density at radius 2 is 1.59 bits per heavy atom. The fraction of sp³-hybridized carbons (Fsp3) is 0.222. The van der Waals surface area contributed by atoms with Crippen molar-refractivity contribution in [3.8, 4) is 0 Å². The fourth-order valence-electron chi connectivity index (χ4n) is 4.02. The number of carbonyl (C=O) groups excluding carboxylic acids is 1. The number of aromatic nitrogens is 1. The zero-order chi connectivity index (χ0) is 22.7. The molecule has 0 spiro atoms. The van der Waals surface area contributed by atoms with Crippen molar-refractivity contribution in [3.63, 3.8) is 0 Å². The molecule has 0 saturated carbocycles. The lowest BCUT2D eigenvalue weighted by molar-refractivity contribution is 0.0952. The van der Waals surface area contributed by atoms with Crippen molar-refractivity contribution in [2.24, 2.45) is 0 Å². The van der Waals surface area contributed by atoms with Crippen molar-refractivity contribution in [2.45, 2.75) is 5.92 Å². The number of nitrogens with zero attached hydrogens (tertiary/aromatic N) is 2. The second-order valence-electron chi connectivity index (χ2n) is 8.48. The number of anilines is 2. The van der Waals surface area contributed by atoms with Gasteiger partial charge in [-0.15, -0.1) is 0 Å². The van der Waals surface area contributed by atoms with Gasteiger partial charge in [0.25, 0.3) is 5.91 Å². The molecule has 2 N–H and O–H groups in total. The van der Waals surface area contributed by atoms with Crippen LogP contribution in [0.4, 0.5) is 11.4 Å². The highest BCUT2D eigenvalue weighted by Gasteiger charge is 2.20. The number of fused-ring (bicyclic) bond motifs is 1. The van der Waals surface area contributed by atoms with Crippen LogP contribution in [-0.4, -0.2) is 45.6 Å². The molecule has 0 radical (unpaired) electrons. The van der Waals surface area contributed by atoms with Gasteiger partial charge in [-0.05, 0) is 47.5 Å². The summed E-state index contributed by atoms with van der Waals surface area (Å²) < 4.78 is 0. The molecule has 164 valence electrons. The van der Waals surface area contributed by atoms with Crippen LogP contribution in [0.3, 0.4) is 0 Å². The van der Waals surface area contributed by atoms with E-state index in [9.17, 15) is 4.79 Å². The summed E-state index contributed by atoms with van der Waals surface area (Å²) in [6.45, 7) is 0.508. The van der Waals surface area contributed by atoms with E-state index in [1.54, 1.807) is 0 Å². The number of aromatic amines is 1. The van der Waals surface area contributed by atoms with Crippen LogP contribution in [0.1, 0.15) is 27.4 Å². The predicted octanol–water partition coefficient (Wildman–Crippen LogP) is 4.86. The maximum Gasteiger partial charge on any atom is 0.251 e. The number of H-pyrrole nitrogens is 1. The van der Waals surface area contributed by atoms with Crippen molar-refractivity contribution in [2.75, 3.05) is 44.5 Å². The number of amides is 1. The Morgan fingerprint density at radius 1 is 0.875 bits per heavy atom. The van der Waals surface area contributed by atoms with Gasteiger partial charge in [0.1, 0.15) is 0 Å². The molecule has 1 heterocycles. The Kier molecular flexibility index (Phi) is 6.17. The number of hydrogen-bond donors (Lipinski definition) is 2. The molecule has 5 nitrogen and oxygen atoms in total. The van der Waals surface area contributed by atoms with E-state index in [-0.39, 0.29) is 11.8 Å². The van der Waals surface area contributed by atoms with Gasteiger partial charge >= 0.3 is 0 Å². The number of rotatable bonds is 7. The van der Waals surface area contributed by atoms with E-state index >= 15 is 0 Å². The average Bonchev–Trinajstić information content (AvgIpc) is 3.23. The van der Waals surface area contributed by atoms with E-state index in [0.29, 0.717) is 12.1 Å². The SMILES string of the molecule is CN(C)c1ccc(C(CNC(=O)c2cccc(N(C)C)c2)c2c[nH]c3ccccc23)cc1. The average molecular weight is 427 g/mol. The summed E-state index contributed by atoms with van der Waals surface area (Å²) in [7, 11) is 8.02. The molecule has 1 aromatic heterocycles. The van der Waals surface area contributed by atoms with Gasteiger partial charge in [0, 0.05) is 74.7 Å². The molecule has 0 aliphatic carbocycles. The molecule has 0 aliphatic heterocycles. The van der Waals surface area contributed by atoms with E-state index in [2.05, 4.69) is 63.9 Å². The second kappa shape index (κ2) is 9.18. The molecule has 3 aromatic carbocycles. The lowest BCUT2D eigenvalue weighted by Gasteiger charge is -2.20. The Bertz CT molecular complexity index is 1210. The topological polar surface area (TPSA) is 51.4 Å². The van der Waals surface area contributed by atoms with Crippen molar-refractivity contribution in [1.82, 2.24) is 10.3 Å². The fourth-order valence-corrected chi connectivity index (χ4v) is 4.02. The van der Waals surface area contributed by atoms with Crippen LogP contribution in [0, 0.1) is 0 Å². The van der Waals surface area contributed by atoms with Crippen molar-refractivity contribution >= 4 is 28.2 Å². The third-order valence-electron chi connectivity index (χ3n) is 5.90. The summed E-state index contributed by atoms with van der Waals surface area (Å²) in [6, 6.07) is 24.5. The zero-order valence-corrected chi connectivity index (χ0v) is 19.1. The summed E-state index contributed by atoms with van der Waals surface area (Å²) in [6.07, 6.45) is 2.06. The molecule has 4 rings (SSSR count). The summed E-state index contributed by atoms with van der Waals surface area (Å²) in [4.78, 5) is 20.5. The van der Waals surface area contributed by atoms with Gasteiger partial charge in [0.2, 0.25) is 0 Å². The molecule has 32 heavy (non-hydrogen) atoms. The van der Waals surface area contributed by atoms with Gasteiger partial charge in [0.05, 0.1) is 0 Å². The minimum Gasteiger partial charge on any atom is -0.378 e. The summed E-state index contributed by atoms with van der Waals surface area (Å²) in [5.41, 5.74) is 6.27. The maximum absolute atomic E-state index is 13.0. The Morgan fingerprint density at radius 3 is 2.31 bits per heavy atom. The van der Waals surface area contributed by atoms with Gasteiger partial charge in [-0.3, -0.25) is 4.79 Å². The van der Waals surface area contributed by atoms with Crippen LogP contribution in [0.25, 0.3) is 10.9 Å². The number of benzene rings is 3. The molecule has 0 bridgehead atoms. The van der Waals surface area contributed by atoms with Crippen LogP contribution in [0.15, 0.2) is 79.0 Å². The van der Waals surface area contributed by atoms with E-state index in [0.717, 1.165) is 16.9 Å². The van der Waals surface area contributed by atoms with Gasteiger partial charge < -0.3 is 20.1 Å². The largest absolute Gasteiger partial charge is 0.378 e. The molecule has 0 fully saturated rings. The minimum absolute atomic E-state index is 0.0309. The quantitative estimate of drug-likeness (QED) is 0.444. The lowest BCUT2D eigenvalue weighted by atomic mass is 9.90. The first-order valence-corrected chi connectivity index (χ1v) is 10.8. The first-order chi connectivity index (χ1) is 15.4.